The number of aliphatic hydroxyl groups is 1. The molecule has 0 bridgehead atoms. The Hall–Kier alpha value is -2.31. The van der Waals surface area contributed by atoms with Crippen LogP contribution < -0.4 is 11.5 Å². The summed E-state index contributed by atoms with van der Waals surface area (Å²) in [5.74, 6) is -0.624. The molecule has 1 amide bonds. The predicted octanol–water partition coefficient (Wildman–Crippen LogP) is 0.236. The molecule has 6 nitrogen and oxygen atoms in total. The quantitative estimate of drug-likeness (QED) is 0.721. The molecule has 0 aliphatic carbocycles. The lowest BCUT2D eigenvalue weighted by Gasteiger charge is -2.08. The first kappa shape index (κ1) is 14.1. The number of primary amides is 1. The minimum Gasteiger partial charge on any atom is -0.392 e. The zero-order valence-electron chi connectivity index (χ0n) is 10.9. The van der Waals surface area contributed by atoms with Gasteiger partial charge >= 0.3 is 0 Å². The molecule has 0 radical (unpaired) electrons. The third-order valence-electron chi connectivity index (χ3n) is 2.87. The van der Waals surface area contributed by atoms with Crippen LogP contribution in [-0.4, -0.2) is 27.5 Å². The van der Waals surface area contributed by atoms with Crippen molar-refractivity contribution in [2.24, 2.45) is 11.5 Å². The molecule has 5 N–H and O–H groups in total. The van der Waals surface area contributed by atoms with E-state index < -0.39 is 5.91 Å². The second kappa shape index (κ2) is 6.23. The van der Waals surface area contributed by atoms with Gasteiger partial charge in [0.1, 0.15) is 5.69 Å². The normalized spacial score (nSPS) is 10.5. The summed E-state index contributed by atoms with van der Waals surface area (Å²) < 4.78 is 0. The van der Waals surface area contributed by atoms with Crippen molar-refractivity contribution in [3.05, 3.63) is 47.4 Å². The van der Waals surface area contributed by atoms with Crippen molar-refractivity contribution in [2.45, 2.75) is 13.0 Å². The Morgan fingerprint density at radius 1 is 1.35 bits per heavy atom. The van der Waals surface area contributed by atoms with Crippen molar-refractivity contribution in [3.63, 3.8) is 0 Å². The Bertz CT molecular complexity index is 628. The van der Waals surface area contributed by atoms with Crippen molar-refractivity contribution < 1.29 is 9.90 Å². The van der Waals surface area contributed by atoms with E-state index in [2.05, 4.69) is 9.97 Å². The molecular formula is C14H16N4O2. The fraction of sp³-hybridized carbons (Fsp3) is 0.214. The number of rotatable bonds is 5. The second-order valence-corrected chi connectivity index (χ2v) is 4.31. The van der Waals surface area contributed by atoms with Crippen LogP contribution in [0.3, 0.4) is 0 Å². The zero-order valence-corrected chi connectivity index (χ0v) is 10.9. The third kappa shape index (κ3) is 2.98. The van der Waals surface area contributed by atoms with Gasteiger partial charge in [-0.15, -0.1) is 0 Å². The summed E-state index contributed by atoms with van der Waals surface area (Å²) in [5, 5.41) is 9.14. The van der Waals surface area contributed by atoms with Gasteiger partial charge in [-0.05, 0) is 18.2 Å². The van der Waals surface area contributed by atoms with Crippen LogP contribution in [0.4, 0.5) is 0 Å². The average Bonchev–Trinajstić information content (AvgIpc) is 2.48. The Morgan fingerprint density at radius 2 is 2.15 bits per heavy atom. The first-order chi connectivity index (χ1) is 9.65. The van der Waals surface area contributed by atoms with Crippen LogP contribution in [0, 0.1) is 0 Å². The molecule has 0 saturated carbocycles. The molecule has 2 aromatic rings. The van der Waals surface area contributed by atoms with E-state index in [9.17, 15) is 4.79 Å². The molecule has 6 heteroatoms. The number of benzene rings is 1. The molecule has 0 fully saturated rings. The summed E-state index contributed by atoms with van der Waals surface area (Å²) in [5.41, 5.74) is 13.5. The minimum atomic E-state index is -0.624. The maximum atomic E-state index is 11.4. The topological polar surface area (TPSA) is 115 Å². The lowest BCUT2D eigenvalue weighted by atomic mass is 10.1. The van der Waals surface area contributed by atoms with Crippen LogP contribution in [0.15, 0.2) is 30.5 Å². The highest BCUT2D eigenvalue weighted by atomic mass is 16.3. The van der Waals surface area contributed by atoms with Crippen LogP contribution in [0.25, 0.3) is 11.3 Å². The van der Waals surface area contributed by atoms with Crippen molar-refractivity contribution in [1.82, 2.24) is 9.97 Å². The number of carbonyl (C=O) groups excluding carboxylic acids is 1. The molecule has 0 unspecified atom stereocenters. The van der Waals surface area contributed by atoms with Crippen molar-refractivity contribution in [2.75, 3.05) is 6.54 Å². The van der Waals surface area contributed by atoms with Crippen LogP contribution in [0.5, 0.6) is 0 Å². The van der Waals surface area contributed by atoms with Gasteiger partial charge < -0.3 is 16.6 Å². The number of nitrogens with two attached hydrogens (primary N) is 2. The van der Waals surface area contributed by atoms with E-state index in [4.69, 9.17) is 16.6 Å². The lowest BCUT2D eigenvalue weighted by molar-refractivity contribution is 0.0994. The molecule has 1 heterocycles. The Labute approximate surface area is 116 Å². The van der Waals surface area contributed by atoms with E-state index in [1.165, 1.54) is 0 Å². The van der Waals surface area contributed by atoms with Crippen molar-refractivity contribution in [3.8, 4) is 11.3 Å². The Balaban J connectivity index is 2.47. The van der Waals surface area contributed by atoms with E-state index >= 15 is 0 Å². The summed E-state index contributed by atoms with van der Waals surface area (Å²) in [7, 11) is 0. The van der Waals surface area contributed by atoms with Gasteiger partial charge in [0.25, 0.3) is 5.91 Å². The van der Waals surface area contributed by atoms with E-state index in [1.807, 2.05) is 6.07 Å². The van der Waals surface area contributed by atoms with Crippen LogP contribution in [0.2, 0.25) is 0 Å². The summed E-state index contributed by atoms with van der Waals surface area (Å²) >= 11 is 0. The van der Waals surface area contributed by atoms with Gasteiger partial charge in [-0.2, -0.15) is 0 Å². The Kier molecular flexibility index (Phi) is 4.39. The van der Waals surface area contributed by atoms with E-state index in [1.54, 1.807) is 24.4 Å². The number of hydrogen-bond acceptors (Lipinski definition) is 5. The largest absolute Gasteiger partial charge is 0.392 e. The van der Waals surface area contributed by atoms with Gasteiger partial charge in [0.05, 0.1) is 24.2 Å². The molecule has 104 valence electrons. The molecular weight excluding hydrogens is 256 g/mol. The van der Waals surface area contributed by atoms with Crippen molar-refractivity contribution >= 4 is 5.91 Å². The molecule has 0 aliphatic heterocycles. The third-order valence-corrected chi connectivity index (χ3v) is 2.87. The average molecular weight is 272 g/mol. The molecule has 2 rings (SSSR count). The fourth-order valence-corrected chi connectivity index (χ4v) is 1.90. The first-order valence-electron chi connectivity index (χ1n) is 6.21. The zero-order chi connectivity index (χ0) is 14.5. The van der Waals surface area contributed by atoms with Crippen molar-refractivity contribution in [1.29, 1.82) is 0 Å². The molecule has 0 atom stereocenters. The predicted molar refractivity (Wildman–Crippen MR) is 74.7 cm³/mol. The van der Waals surface area contributed by atoms with E-state index in [0.717, 1.165) is 11.1 Å². The van der Waals surface area contributed by atoms with E-state index in [0.29, 0.717) is 24.4 Å². The van der Waals surface area contributed by atoms with Gasteiger partial charge in [-0.3, -0.25) is 9.78 Å². The fourth-order valence-electron chi connectivity index (χ4n) is 1.90. The number of carbonyl (C=O) groups is 1. The number of hydrogen-bond donors (Lipinski definition) is 3. The standard InChI is InChI=1S/C14H16N4O2/c15-5-4-11-13(14(16)20)18-12(7-17-11)10-3-1-2-9(6-10)8-19/h1-3,6-7,19H,4-5,8,15H2,(H2,16,20). The minimum absolute atomic E-state index is 0.0603. The summed E-state index contributed by atoms with van der Waals surface area (Å²) in [6, 6.07) is 7.23. The summed E-state index contributed by atoms with van der Waals surface area (Å²) in [6.07, 6.45) is 2.02. The number of nitrogens with zero attached hydrogens (tertiary/aromatic N) is 2. The van der Waals surface area contributed by atoms with Crippen LogP contribution in [0.1, 0.15) is 21.7 Å². The first-order valence-corrected chi connectivity index (χ1v) is 6.21. The van der Waals surface area contributed by atoms with Crippen LogP contribution >= 0.6 is 0 Å². The van der Waals surface area contributed by atoms with Gasteiger partial charge in [-0.25, -0.2) is 4.98 Å². The summed E-state index contributed by atoms with van der Waals surface area (Å²) in [6.45, 7) is 0.309. The summed E-state index contributed by atoms with van der Waals surface area (Å²) in [4.78, 5) is 19.9. The maximum Gasteiger partial charge on any atom is 0.269 e. The monoisotopic (exact) mass is 272 g/mol. The van der Waals surface area contributed by atoms with Gasteiger partial charge in [-0.1, -0.05) is 18.2 Å². The lowest BCUT2D eigenvalue weighted by Crippen LogP contribution is -2.19. The molecule has 1 aromatic carbocycles. The second-order valence-electron chi connectivity index (χ2n) is 4.31. The molecule has 20 heavy (non-hydrogen) atoms. The van der Waals surface area contributed by atoms with Crippen LogP contribution in [-0.2, 0) is 13.0 Å². The smallest absolute Gasteiger partial charge is 0.269 e. The number of aliphatic hydroxyl groups excluding tert-OH is 1. The number of aromatic nitrogens is 2. The maximum absolute atomic E-state index is 11.4. The van der Waals surface area contributed by atoms with Gasteiger partial charge in [0.15, 0.2) is 0 Å². The molecule has 0 aliphatic rings. The molecule has 0 saturated heterocycles. The SMILES string of the molecule is NCCc1ncc(-c2cccc(CO)c2)nc1C(N)=O. The number of amides is 1. The van der Waals surface area contributed by atoms with Gasteiger partial charge in [0, 0.05) is 12.0 Å². The molecule has 0 spiro atoms. The van der Waals surface area contributed by atoms with E-state index in [-0.39, 0.29) is 12.3 Å². The molecule has 1 aromatic heterocycles. The highest BCUT2D eigenvalue weighted by Gasteiger charge is 2.13. The highest BCUT2D eigenvalue weighted by molar-refractivity contribution is 5.92. The highest BCUT2D eigenvalue weighted by Crippen LogP contribution is 2.19. The van der Waals surface area contributed by atoms with Gasteiger partial charge in [0.2, 0.25) is 0 Å². The Morgan fingerprint density at radius 3 is 2.80 bits per heavy atom.